The maximum atomic E-state index is 14.2. The first-order valence-corrected chi connectivity index (χ1v) is 13.5. The fraction of sp³-hybridized carbons (Fsp3) is 0.406. The number of amides is 1. The molecule has 39 heavy (non-hydrogen) atoms. The number of halogens is 2. The van der Waals surface area contributed by atoms with Crippen molar-refractivity contribution < 1.29 is 23.4 Å². The second-order valence-corrected chi connectivity index (χ2v) is 11.3. The zero-order valence-electron chi connectivity index (χ0n) is 22.9. The summed E-state index contributed by atoms with van der Waals surface area (Å²) in [6.07, 6.45) is 0.100. The Morgan fingerprint density at radius 3 is 2.00 bits per heavy atom. The van der Waals surface area contributed by atoms with Crippen molar-refractivity contribution in [1.82, 2.24) is 9.80 Å². The predicted octanol–water partition coefficient (Wildman–Crippen LogP) is 6.34. The lowest BCUT2D eigenvalue weighted by atomic mass is 9.92. The molecule has 3 unspecified atom stereocenters. The summed E-state index contributed by atoms with van der Waals surface area (Å²) in [6, 6.07) is 22.3. The molecule has 7 heteroatoms. The number of carbonyl (C=O) groups excluding carboxylic acids is 1. The van der Waals surface area contributed by atoms with Crippen molar-refractivity contribution in [2.24, 2.45) is 0 Å². The molecule has 208 valence electrons. The lowest BCUT2D eigenvalue weighted by molar-refractivity contribution is -0.0250. The summed E-state index contributed by atoms with van der Waals surface area (Å²) in [5.41, 5.74) is 1.88. The third-order valence-corrected chi connectivity index (χ3v) is 7.01. The van der Waals surface area contributed by atoms with E-state index in [0.29, 0.717) is 31.6 Å². The summed E-state index contributed by atoms with van der Waals surface area (Å²) in [4.78, 5) is 16.8. The quantitative estimate of drug-likeness (QED) is 0.347. The molecular formula is C32H38F2N2O3. The molecule has 1 amide bonds. The molecule has 3 aromatic rings. The molecule has 3 aromatic carbocycles. The summed E-state index contributed by atoms with van der Waals surface area (Å²) in [6.45, 7) is 6.94. The molecule has 1 saturated heterocycles. The van der Waals surface area contributed by atoms with Gasteiger partial charge in [-0.3, -0.25) is 4.90 Å². The fourth-order valence-electron chi connectivity index (χ4n) is 5.31. The minimum Gasteiger partial charge on any atom is -0.444 e. The molecule has 1 N–H and O–H groups in total. The standard InChI is InChI=1S/C32H38F2N2O3/c1-32(2,3)39-31(38)36-16-10-15-28(36)30(37)29(19-25-17-26(33)20-27(34)18-25)35(21-23-11-6-4-7-12-23)22-24-13-8-5-9-14-24/h4-9,11-14,17-18,20,28-30,37H,10,15-16,19,21-22H2,1-3H3. The third kappa shape index (κ3) is 8.10. The number of hydrogen-bond donors (Lipinski definition) is 1. The van der Waals surface area contributed by atoms with Crippen LogP contribution in [0.2, 0.25) is 0 Å². The normalized spacial score (nSPS) is 17.3. The summed E-state index contributed by atoms with van der Waals surface area (Å²) >= 11 is 0. The molecule has 4 rings (SSSR count). The number of nitrogens with zero attached hydrogens (tertiary/aromatic N) is 2. The summed E-state index contributed by atoms with van der Waals surface area (Å²) in [7, 11) is 0. The highest BCUT2D eigenvalue weighted by Gasteiger charge is 2.41. The largest absolute Gasteiger partial charge is 0.444 e. The SMILES string of the molecule is CC(C)(C)OC(=O)N1CCCC1C(O)C(Cc1cc(F)cc(F)c1)N(Cc1ccccc1)Cc1ccccc1. The number of carbonyl (C=O) groups is 1. The van der Waals surface area contributed by atoms with E-state index in [-0.39, 0.29) is 6.42 Å². The van der Waals surface area contributed by atoms with Crippen LogP contribution in [0.4, 0.5) is 13.6 Å². The lowest BCUT2D eigenvalue weighted by Crippen LogP contribution is -2.54. The molecule has 0 spiro atoms. The van der Waals surface area contributed by atoms with Gasteiger partial charge in [-0.15, -0.1) is 0 Å². The van der Waals surface area contributed by atoms with Gasteiger partial charge in [0.1, 0.15) is 17.2 Å². The number of ether oxygens (including phenoxy) is 1. The fourth-order valence-corrected chi connectivity index (χ4v) is 5.31. The minimum absolute atomic E-state index is 0.203. The van der Waals surface area contributed by atoms with E-state index in [4.69, 9.17) is 4.74 Å². The molecule has 5 nitrogen and oxygen atoms in total. The summed E-state index contributed by atoms with van der Waals surface area (Å²) in [5.74, 6) is -1.32. The van der Waals surface area contributed by atoms with E-state index < -0.39 is 41.5 Å². The van der Waals surface area contributed by atoms with Crippen molar-refractivity contribution in [1.29, 1.82) is 0 Å². The van der Waals surface area contributed by atoms with Crippen molar-refractivity contribution in [2.75, 3.05) is 6.54 Å². The average molecular weight is 537 g/mol. The van der Waals surface area contributed by atoms with E-state index >= 15 is 0 Å². The maximum absolute atomic E-state index is 14.2. The Hall–Kier alpha value is -3.29. The highest BCUT2D eigenvalue weighted by Crippen LogP contribution is 2.29. The number of rotatable bonds is 9. The van der Waals surface area contributed by atoms with Crippen LogP contribution in [0, 0.1) is 11.6 Å². The van der Waals surface area contributed by atoms with Crippen molar-refractivity contribution in [2.45, 2.75) is 76.9 Å². The molecule has 1 heterocycles. The van der Waals surface area contributed by atoms with Crippen LogP contribution in [0.5, 0.6) is 0 Å². The van der Waals surface area contributed by atoms with Crippen LogP contribution in [-0.4, -0.2) is 51.3 Å². The number of aliphatic hydroxyl groups excluding tert-OH is 1. The highest BCUT2D eigenvalue weighted by molar-refractivity contribution is 5.69. The van der Waals surface area contributed by atoms with Gasteiger partial charge in [0.15, 0.2) is 0 Å². The van der Waals surface area contributed by atoms with Crippen molar-refractivity contribution in [3.63, 3.8) is 0 Å². The van der Waals surface area contributed by atoms with Crippen LogP contribution >= 0.6 is 0 Å². The molecule has 1 aliphatic rings. The number of likely N-dealkylation sites (tertiary alicyclic amines) is 1. The molecule has 0 radical (unpaired) electrons. The summed E-state index contributed by atoms with van der Waals surface area (Å²) in [5, 5.41) is 12.0. The van der Waals surface area contributed by atoms with Gasteiger partial charge >= 0.3 is 6.09 Å². The number of benzene rings is 3. The van der Waals surface area contributed by atoms with Crippen LogP contribution in [0.15, 0.2) is 78.9 Å². The molecular weight excluding hydrogens is 498 g/mol. The molecule has 0 saturated carbocycles. The van der Waals surface area contributed by atoms with Gasteiger partial charge in [0.25, 0.3) is 0 Å². The molecule has 0 aliphatic carbocycles. The van der Waals surface area contributed by atoms with Gasteiger partial charge in [0, 0.05) is 31.7 Å². The Balaban J connectivity index is 1.71. The average Bonchev–Trinajstić information content (AvgIpc) is 3.37. The zero-order chi connectivity index (χ0) is 28.0. The van der Waals surface area contributed by atoms with E-state index in [1.54, 1.807) is 4.90 Å². The Kier molecular flexibility index (Phi) is 9.36. The van der Waals surface area contributed by atoms with E-state index in [1.165, 1.54) is 12.1 Å². The van der Waals surface area contributed by atoms with E-state index in [1.807, 2.05) is 81.4 Å². The Bertz CT molecular complexity index is 1160. The third-order valence-electron chi connectivity index (χ3n) is 7.01. The van der Waals surface area contributed by atoms with Gasteiger partial charge in [-0.2, -0.15) is 0 Å². The van der Waals surface area contributed by atoms with Crippen molar-refractivity contribution in [3.8, 4) is 0 Å². The van der Waals surface area contributed by atoms with Crippen LogP contribution in [-0.2, 0) is 24.2 Å². The van der Waals surface area contributed by atoms with Gasteiger partial charge in [0.05, 0.1) is 12.1 Å². The number of aliphatic hydroxyl groups is 1. The Labute approximate surface area is 230 Å². The van der Waals surface area contributed by atoms with E-state index in [0.717, 1.165) is 23.6 Å². The second kappa shape index (κ2) is 12.7. The van der Waals surface area contributed by atoms with Gasteiger partial charge in [-0.1, -0.05) is 60.7 Å². The molecule has 1 aliphatic heterocycles. The highest BCUT2D eigenvalue weighted by atomic mass is 19.1. The maximum Gasteiger partial charge on any atom is 0.410 e. The number of hydrogen-bond acceptors (Lipinski definition) is 4. The van der Waals surface area contributed by atoms with Gasteiger partial charge in [-0.05, 0) is 68.9 Å². The van der Waals surface area contributed by atoms with Crippen LogP contribution in [0.1, 0.15) is 50.3 Å². The van der Waals surface area contributed by atoms with Crippen molar-refractivity contribution >= 4 is 6.09 Å². The molecule has 3 atom stereocenters. The van der Waals surface area contributed by atoms with Gasteiger partial charge in [-0.25, -0.2) is 13.6 Å². The molecule has 1 fully saturated rings. The van der Waals surface area contributed by atoms with Crippen molar-refractivity contribution in [3.05, 3.63) is 107 Å². The van der Waals surface area contributed by atoms with Gasteiger partial charge < -0.3 is 14.7 Å². The first kappa shape index (κ1) is 28.7. The monoisotopic (exact) mass is 536 g/mol. The van der Waals surface area contributed by atoms with Crippen LogP contribution in [0.25, 0.3) is 0 Å². The molecule has 0 aromatic heterocycles. The predicted molar refractivity (Wildman–Crippen MR) is 148 cm³/mol. The Morgan fingerprint density at radius 2 is 1.49 bits per heavy atom. The first-order chi connectivity index (χ1) is 18.6. The van der Waals surface area contributed by atoms with E-state index in [9.17, 15) is 18.7 Å². The minimum atomic E-state index is -0.987. The first-order valence-electron chi connectivity index (χ1n) is 13.5. The lowest BCUT2D eigenvalue weighted by Gasteiger charge is -2.40. The smallest absolute Gasteiger partial charge is 0.410 e. The Morgan fingerprint density at radius 1 is 0.949 bits per heavy atom. The van der Waals surface area contributed by atoms with Crippen LogP contribution in [0.3, 0.4) is 0 Å². The van der Waals surface area contributed by atoms with E-state index in [2.05, 4.69) is 4.90 Å². The zero-order valence-corrected chi connectivity index (χ0v) is 22.9. The second-order valence-electron chi connectivity index (χ2n) is 11.3. The summed E-state index contributed by atoms with van der Waals surface area (Å²) < 4.78 is 34.1. The topological polar surface area (TPSA) is 53.0 Å². The van der Waals surface area contributed by atoms with Crippen LogP contribution < -0.4 is 0 Å². The molecule has 0 bridgehead atoms. The van der Waals surface area contributed by atoms with Gasteiger partial charge in [0.2, 0.25) is 0 Å².